The topological polar surface area (TPSA) is 36.1 Å². The molecule has 0 aliphatic carbocycles. The molecule has 21 heavy (non-hydrogen) atoms. The number of halogens is 2. The zero-order chi connectivity index (χ0) is 14.8. The number of nitrogens with one attached hydrogen (secondary N) is 1. The first kappa shape index (κ1) is 14.5. The molecule has 0 unspecified atom stereocenters. The lowest BCUT2D eigenvalue weighted by Gasteiger charge is -2.32. The molecule has 1 saturated heterocycles. The summed E-state index contributed by atoms with van der Waals surface area (Å²) in [6.07, 6.45) is 1.97. The number of carbonyl (C=O) groups is 1. The smallest absolute Gasteiger partial charge is 0.270 e. The SMILES string of the molecule is O=C(c1cc(Cl)c(Cl)[nH]1)N1CCC(c2ccccc2)CC1. The first-order chi connectivity index (χ1) is 10.1. The van der Waals surface area contributed by atoms with Gasteiger partial charge >= 0.3 is 0 Å². The third-order valence-electron chi connectivity index (χ3n) is 4.01. The molecule has 1 N–H and O–H groups in total. The van der Waals surface area contributed by atoms with Crippen molar-refractivity contribution in [2.45, 2.75) is 18.8 Å². The number of nitrogens with zero attached hydrogens (tertiary/aromatic N) is 1. The maximum atomic E-state index is 12.4. The number of amides is 1. The van der Waals surface area contributed by atoms with Gasteiger partial charge < -0.3 is 9.88 Å². The molecular weight excluding hydrogens is 307 g/mol. The normalized spacial score (nSPS) is 16.2. The second-order valence-electron chi connectivity index (χ2n) is 5.32. The van der Waals surface area contributed by atoms with Gasteiger partial charge in [-0.15, -0.1) is 0 Å². The summed E-state index contributed by atoms with van der Waals surface area (Å²) in [5, 5.41) is 0.707. The molecule has 0 spiro atoms. The molecule has 1 aromatic heterocycles. The van der Waals surface area contributed by atoms with Crippen LogP contribution in [0.15, 0.2) is 36.4 Å². The second-order valence-corrected chi connectivity index (χ2v) is 6.11. The Bertz CT molecular complexity index is 611. The van der Waals surface area contributed by atoms with Gasteiger partial charge in [-0.1, -0.05) is 53.5 Å². The van der Waals surface area contributed by atoms with Gasteiger partial charge in [-0.25, -0.2) is 0 Å². The van der Waals surface area contributed by atoms with Crippen molar-refractivity contribution < 1.29 is 4.79 Å². The van der Waals surface area contributed by atoms with E-state index < -0.39 is 0 Å². The minimum atomic E-state index is -0.0321. The van der Waals surface area contributed by atoms with Gasteiger partial charge in [0.25, 0.3) is 5.91 Å². The predicted molar refractivity (Wildman–Crippen MR) is 85.1 cm³/mol. The summed E-state index contributed by atoms with van der Waals surface area (Å²) < 4.78 is 0. The van der Waals surface area contributed by atoms with E-state index in [4.69, 9.17) is 23.2 Å². The van der Waals surface area contributed by atoms with Crippen LogP contribution in [0, 0.1) is 0 Å². The number of piperidine rings is 1. The molecule has 5 heteroatoms. The Labute approximate surface area is 133 Å². The Kier molecular flexibility index (Phi) is 4.22. The van der Waals surface area contributed by atoms with Gasteiger partial charge in [-0.2, -0.15) is 0 Å². The van der Waals surface area contributed by atoms with E-state index in [9.17, 15) is 4.79 Å². The number of hydrogen-bond donors (Lipinski definition) is 1. The number of carbonyl (C=O) groups excluding carboxylic acids is 1. The average molecular weight is 323 g/mol. The van der Waals surface area contributed by atoms with Crippen LogP contribution in [0.5, 0.6) is 0 Å². The molecule has 1 aliphatic heterocycles. The highest BCUT2D eigenvalue weighted by Crippen LogP contribution is 2.29. The molecule has 0 bridgehead atoms. The number of aromatic nitrogens is 1. The Hall–Kier alpha value is -1.45. The first-order valence-electron chi connectivity index (χ1n) is 7.03. The van der Waals surface area contributed by atoms with E-state index in [2.05, 4.69) is 29.2 Å². The van der Waals surface area contributed by atoms with Crippen LogP contribution in [0.25, 0.3) is 0 Å². The van der Waals surface area contributed by atoms with Gasteiger partial charge in [0.1, 0.15) is 10.8 Å². The van der Waals surface area contributed by atoms with E-state index in [0.717, 1.165) is 25.9 Å². The Balaban J connectivity index is 1.64. The maximum absolute atomic E-state index is 12.4. The Morgan fingerprint density at radius 1 is 1.14 bits per heavy atom. The summed E-state index contributed by atoms with van der Waals surface area (Å²) in [5.41, 5.74) is 1.82. The summed E-state index contributed by atoms with van der Waals surface area (Å²) in [7, 11) is 0. The lowest BCUT2D eigenvalue weighted by atomic mass is 9.89. The van der Waals surface area contributed by atoms with Crippen LogP contribution >= 0.6 is 23.2 Å². The van der Waals surface area contributed by atoms with Crippen LogP contribution in [-0.2, 0) is 0 Å². The molecule has 0 atom stereocenters. The molecule has 2 aromatic rings. The van der Waals surface area contributed by atoms with Crippen molar-refractivity contribution >= 4 is 29.1 Å². The largest absolute Gasteiger partial charge is 0.340 e. The quantitative estimate of drug-likeness (QED) is 0.877. The zero-order valence-corrected chi connectivity index (χ0v) is 13.0. The highest BCUT2D eigenvalue weighted by atomic mass is 35.5. The van der Waals surface area contributed by atoms with Crippen molar-refractivity contribution in [1.82, 2.24) is 9.88 Å². The van der Waals surface area contributed by atoms with E-state index in [1.54, 1.807) is 6.07 Å². The van der Waals surface area contributed by atoms with Gasteiger partial charge in [0.05, 0.1) is 5.02 Å². The molecule has 1 aliphatic rings. The summed E-state index contributed by atoms with van der Waals surface area (Å²) >= 11 is 11.7. The number of H-pyrrole nitrogens is 1. The molecule has 1 amide bonds. The van der Waals surface area contributed by atoms with Gasteiger partial charge in [0.15, 0.2) is 0 Å². The third-order valence-corrected chi connectivity index (χ3v) is 4.70. The molecule has 1 aromatic carbocycles. The number of benzene rings is 1. The summed E-state index contributed by atoms with van der Waals surface area (Å²) in [6, 6.07) is 12.1. The predicted octanol–water partition coefficient (Wildman–Crippen LogP) is 4.34. The molecule has 0 saturated carbocycles. The van der Waals surface area contributed by atoms with Gasteiger partial charge in [-0.3, -0.25) is 4.79 Å². The molecule has 3 rings (SSSR count). The minimum absolute atomic E-state index is 0.0321. The van der Waals surface area contributed by atoms with E-state index in [1.165, 1.54) is 5.56 Å². The van der Waals surface area contributed by atoms with Crippen LogP contribution in [0.2, 0.25) is 10.2 Å². The van der Waals surface area contributed by atoms with Crippen molar-refractivity contribution in [1.29, 1.82) is 0 Å². The van der Waals surface area contributed by atoms with Crippen LogP contribution < -0.4 is 0 Å². The second kappa shape index (κ2) is 6.12. The van der Waals surface area contributed by atoms with E-state index in [0.29, 0.717) is 21.8 Å². The van der Waals surface area contributed by atoms with Crippen molar-refractivity contribution in [2.75, 3.05) is 13.1 Å². The fourth-order valence-electron chi connectivity index (χ4n) is 2.83. The molecular formula is C16H16Cl2N2O. The van der Waals surface area contributed by atoms with Gasteiger partial charge in [0.2, 0.25) is 0 Å². The number of rotatable bonds is 2. The lowest BCUT2D eigenvalue weighted by Crippen LogP contribution is -2.38. The Morgan fingerprint density at radius 2 is 1.81 bits per heavy atom. The van der Waals surface area contributed by atoms with Crippen LogP contribution in [0.3, 0.4) is 0 Å². The summed E-state index contributed by atoms with van der Waals surface area (Å²) in [6.45, 7) is 1.51. The lowest BCUT2D eigenvalue weighted by molar-refractivity contribution is 0.0708. The molecule has 0 radical (unpaired) electrons. The molecule has 3 nitrogen and oxygen atoms in total. The average Bonchev–Trinajstić information content (AvgIpc) is 2.87. The monoisotopic (exact) mass is 322 g/mol. The van der Waals surface area contributed by atoms with E-state index >= 15 is 0 Å². The maximum Gasteiger partial charge on any atom is 0.270 e. The van der Waals surface area contributed by atoms with Crippen molar-refractivity contribution in [2.24, 2.45) is 0 Å². The zero-order valence-electron chi connectivity index (χ0n) is 11.5. The highest BCUT2D eigenvalue weighted by molar-refractivity contribution is 6.41. The van der Waals surface area contributed by atoms with Crippen molar-refractivity contribution in [3.63, 3.8) is 0 Å². The van der Waals surface area contributed by atoms with Crippen LogP contribution in [0.1, 0.15) is 34.8 Å². The molecule has 1 fully saturated rings. The number of aromatic amines is 1. The van der Waals surface area contributed by atoms with E-state index in [-0.39, 0.29) is 5.91 Å². The number of likely N-dealkylation sites (tertiary alicyclic amines) is 1. The summed E-state index contributed by atoms with van der Waals surface area (Å²) in [4.78, 5) is 17.1. The Morgan fingerprint density at radius 3 is 2.38 bits per heavy atom. The van der Waals surface area contributed by atoms with Crippen molar-refractivity contribution in [3.8, 4) is 0 Å². The number of hydrogen-bond acceptors (Lipinski definition) is 1. The summed E-state index contributed by atoms with van der Waals surface area (Å²) in [5.74, 6) is 0.501. The minimum Gasteiger partial charge on any atom is -0.340 e. The van der Waals surface area contributed by atoms with E-state index in [1.807, 2.05) is 11.0 Å². The highest BCUT2D eigenvalue weighted by Gasteiger charge is 2.25. The fraction of sp³-hybridized carbons (Fsp3) is 0.312. The third kappa shape index (κ3) is 3.09. The van der Waals surface area contributed by atoms with Crippen molar-refractivity contribution in [3.05, 3.63) is 57.8 Å². The standard InChI is InChI=1S/C16H16Cl2N2O/c17-13-10-14(19-15(13)18)16(21)20-8-6-12(7-9-20)11-4-2-1-3-5-11/h1-5,10,12,19H,6-9H2. The molecule has 2 heterocycles. The van der Waals surface area contributed by atoms with Gasteiger partial charge in [-0.05, 0) is 30.4 Å². The van der Waals surface area contributed by atoms with Crippen LogP contribution in [0.4, 0.5) is 0 Å². The van der Waals surface area contributed by atoms with Gasteiger partial charge in [0, 0.05) is 13.1 Å². The molecule has 110 valence electrons. The first-order valence-corrected chi connectivity index (χ1v) is 7.79. The van der Waals surface area contributed by atoms with Crippen LogP contribution in [-0.4, -0.2) is 28.9 Å². The fourth-order valence-corrected chi connectivity index (χ4v) is 3.14.